The Morgan fingerprint density at radius 3 is 2.69 bits per heavy atom. The van der Waals surface area contributed by atoms with Gasteiger partial charge in [-0.15, -0.1) is 0 Å². The zero-order chi connectivity index (χ0) is 25.5. The van der Waals surface area contributed by atoms with Gasteiger partial charge in [-0.1, -0.05) is 41.7 Å². The Kier molecular flexibility index (Phi) is 7.83. The van der Waals surface area contributed by atoms with Crippen molar-refractivity contribution in [2.24, 2.45) is 0 Å². The molecule has 1 N–H and O–H groups in total. The van der Waals surface area contributed by atoms with Gasteiger partial charge < -0.3 is 14.2 Å². The molecule has 36 heavy (non-hydrogen) atoms. The van der Waals surface area contributed by atoms with Gasteiger partial charge in [0.15, 0.2) is 16.6 Å². The van der Waals surface area contributed by atoms with Gasteiger partial charge in [0, 0.05) is 0 Å². The molecule has 0 aliphatic rings. The molecule has 1 amide bonds. The van der Waals surface area contributed by atoms with Crippen LogP contribution in [-0.4, -0.2) is 24.6 Å². The zero-order valence-corrected chi connectivity index (χ0v) is 21.0. The average molecular weight is 500 g/mol. The fourth-order valence-electron chi connectivity index (χ4n) is 3.52. The summed E-state index contributed by atoms with van der Waals surface area (Å²) in [6, 6.07) is 20.8. The molecule has 0 radical (unpaired) electrons. The first-order chi connectivity index (χ1) is 17.5. The minimum absolute atomic E-state index is 0.0557. The summed E-state index contributed by atoms with van der Waals surface area (Å²) in [5.41, 5.74) is 3.54. The molecule has 1 heterocycles. The number of anilines is 1. The van der Waals surface area contributed by atoms with Crippen LogP contribution in [0.25, 0.3) is 16.3 Å². The molecule has 0 saturated carbocycles. The number of amides is 1. The summed E-state index contributed by atoms with van der Waals surface area (Å²) in [5, 5.41) is 12.7. The maximum Gasteiger partial charge on any atom is 0.268 e. The fourth-order valence-corrected chi connectivity index (χ4v) is 4.40. The third-order valence-electron chi connectivity index (χ3n) is 5.40. The van der Waals surface area contributed by atoms with Gasteiger partial charge >= 0.3 is 0 Å². The van der Waals surface area contributed by atoms with Crippen molar-refractivity contribution < 1.29 is 19.0 Å². The van der Waals surface area contributed by atoms with Crippen LogP contribution in [0.4, 0.5) is 5.13 Å². The van der Waals surface area contributed by atoms with Crippen LogP contribution >= 0.6 is 11.3 Å². The van der Waals surface area contributed by atoms with Crippen molar-refractivity contribution in [3.05, 3.63) is 82.9 Å². The van der Waals surface area contributed by atoms with Crippen LogP contribution in [0.3, 0.4) is 0 Å². The number of aryl methyl sites for hydroxylation is 1. The van der Waals surface area contributed by atoms with Crippen LogP contribution < -0.4 is 19.5 Å². The maximum atomic E-state index is 12.8. The molecule has 7 nitrogen and oxygen atoms in total. The second kappa shape index (κ2) is 11.4. The van der Waals surface area contributed by atoms with Crippen LogP contribution in [0.15, 0.2) is 66.2 Å². The SMILES string of the molecule is CCOc1ccc2nc(NC(=O)/C(C#N)=C/c3ccc(OCc4ccccc4C)c(OC)c3)sc2c1. The Morgan fingerprint density at radius 2 is 1.94 bits per heavy atom. The third-order valence-corrected chi connectivity index (χ3v) is 6.33. The normalized spacial score (nSPS) is 11.1. The first kappa shape index (κ1) is 24.8. The van der Waals surface area contributed by atoms with Crippen molar-refractivity contribution in [3.8, 4) is 23.3 Å². The van der Waals surface area contributed by atoms with Crippen LogP contribution in [0.1, 0.15) is 23.6 Å². The van der Waals surface area contributed by atoms with Gasteiger partial charge in [-0.3, -0.25) is 10.1 Å². The number of nitrogens with zero attached hydrogens (tertiary/aromatic N) is 2. The van der Waals surface area contributed by atoms with Gasteiger partial charge in [0.05, 0.1) is 23.9 Å². The lowest BCUT2D eigenvalue weighted by Gasteiger charge is -2.12. The van der Waals surface area contributed by atoms with Gasteiger partial charge in [0.2, 0.25) is 0 Å². The number of rotatable bonds is 9. The van der Waals surface area contributed by atoms with E-state index in [2.05, 4.69) is 10.3 Å². The molecule has 0 fully saturated rings. The van der Waals surface area contributed by atoms with Gasteiger partial charge in [-0.25, -0.2) is 4.98 Å². The highest BCUT2D eigenvalue weighted by Gasteiger charge is 2.14. The molecule has 0 unspecified atom stereocenters. The number of carbonyl (C=O) groups excluding carboxylic acids is 1. The number of nitrogens with one attached hydrogen (secondary N) is 1. The third kappa shape index (κ3) is 5.82. The van der Waals surface area contributed by atoms with Crippen molar-refractivity contribution in [2.45, 2.75) is 20.5 Å². The molecular formula is C28H25N3O4S. The quantitative estimate of drug-likeness (QED) is 0.220. The number of nitriles is 1. The second-order valence-electron chi connectivity index (χ2n) is 7.83. The van der Waals surface area contributed by atoms with Crippen molar-refractivity contribution in [2.75, 3.05) is 19.0 Å². The smallest absolute Gasteiger partial charge is 0.268 e. The van der Waals surface area contributed by atoms with E-state index in [0.717, 1.165) is 27.1 Å². The van der Waals surface area contributed by atoms with Gasteiger partial charge in [0.25, 0.3) is 5.91 Å². The molecule has 8 heteroatoms. The van der Waals surface area contributed by atoms with E-state index in [9.17, 15) is 10.1 Å². The van der Waals surface area contributed by atoms with Crippen LogP contribution in [0, 0.1) is 18.3 Å². The maximum absolute atomic E-state index is 12.8. The molecular weight excluding hydrogens is 474 g/mol. The van der Waals surface area contributed by atoms with E-state index in [4.69, 9.17) is 14.2 Å². The molecule has 0 aliphatic carbocycles. The number of methoxy groups -OCH3 is 1. The summed E-state index contributed by atoms with van der Waals surface area (Å²) >= 11 is 1.32. The first-order valence-corrected chi connectivity index (χ1v) is 12.1. The molecule has 4 aromatic rings. The Labute approximate surface area is 213 Å². The average Bonchev–Trinajstić information content (AvgIpc) is 3.28. The Morgan fingerprint density at radius 1 is 1.11 bits per heavy atom. The van der Waals surface area contributed by atoms with Crippen molar-refractivity contribution in [1.82, 2.24) is 4.98 Å². The lowest BCUT2D eigenvalue weighted by Crippen LogP contribution is -2.13. The number of benzene rings is 3. The summed E-state index contributed by atoms with van der Waals surface area (Å²) < 4.78 is 17.8. The Balaban J connectivity index is 1.49. The lowest BCUT2D eigenvalue weighted by atomic mass is 10.1. The highest BCUT2D eigenvalue weighted by molar-refractivity contribution is 7.22. The summed E-state index contributed by atoms with van der Waals surface area (Å²) in [6.07, 6.45) is 1.50. The topological polar surface area (TPSA) is 93.5 Å². The van der Waals surface area contributed by atoms with E-state index in [1.54, 1.807) is 25.3 Å². The molecule has 1 aromatic heterocycles. The molecule has 0 atom stereocenters. The monoisotopic (exact) mass is 499 g/mol. The van der Waals surface area contributed by atoms with E-state index >= 15 is 0 Å². The highest BCUT2D eigenvalue weighted by atomic mass is 32.1. The molecule has 0 aliphatic heterocycles. The van der Waals surface area contributed by atoms with Gasteiger partial charge in [-0.2, -0.15) is 5.26 Å². The highest BCUT2D eigenvalue weighted by Crippen LogP contribution is 2.31. The van der Waals surface area contributed by atoms with Crippen molar-refractivity contribution in [3.63, 3.8) is 0 Å². The Hall–Kier alpha value is -4.35. The number of thiazole rings is 1. The summed E-state index contributed by atoms with van der Waals surface area (Å²) in [6.45, 7) is 4.91. The number of aromatic nitrogens is 1. The molecule has 0 saturated heterocycles. The van der Waals surface area contributed by atoms with Crippen molar-refractivity contribution in [1.29, 1.82) is 5.26 Å². The number of carbonyl (C=O) groups is 1. The number of hydrogen-bond acceptors (Lipinski definition) is 7. The molecule has 0 bridgehead atoms. The minimum Gasteiger partial charge on any atom is -0.494 e. The number of fused-ring (bicyclic) bond motifs is 1. The standard InChI is InChI=1S/C28H25N3O4S/c1-4-34-22-10-11-23-26(15-22)36-28(30-23)31-27(32)21(16-29)13-19-9-12-24(25(14-19)33-3)35-17-20-8-6-5-7-18(20)2/h5-15H,4,17H2,1-3H3,(H,30,31,32)/b21-13+. The van der Waals surface area contributed by atoms with Crippen LogP contribution in [-0.2, 0) is 11.4 Å². The zero-order valence-electron chi connectivity index (χ0n) is 20.2. The predicted molar refractivity (Wildman–Crippen MR) is 142 cm³/mol. The van der Waals surface area contributed by atoms with E-state index < -0.39 is 5.91 Å². The molecule has 0 spiro atoms. The van der Waals surface area contributed by atoms with E-state index in [0.29, 0.717) is 35.4 Å². The van der Waals surface area contributed by atoms with Crippen molar-refractivity contribution >= 4 is 38.7 Å². The largest absolute Gasteiger partial charge is 0.494 e. The Bertz CT molecular complexity index is 1470. The van der Waals surface area contributed by atoms with Gasteiger partial charge in [0.1, 0.15) is 24.0 Å². The molecule has 4 rings (SSSR count). The summed E-state index contributed by atoms with van der Waals surface area (Å²) in [5.74, 6) is 1.28. The van der Waals surface area contributed by atoms with Crippen LogP contribution in [0.5, 0.6) is 17.2 Å². The van der Waals surface area contributed by atoms with E-state index in [1.807, 2.05) is 62.4 Å². The summed E-state index contributed by atoms with van der Waals surface area (Å²) in [4.78, 5) is 17.2. The summed E-state index contributed by atoms with van der Waals surface area (Å²) in [7, 11) is 1.55. The second-order valence-corrected chi connectivity index (χ2v) is 8.86. The predicted octanol–water partition coefficient (Wildman–Crippen LogP) is 6.14. The lowest BCUT2D eigenvalue weighted by molar-refractivity contribution is -0.112. The first-order valence-electron chi connectivity index (χ1n) is 11.3. The van der Waals surface area contributed by atoms with Gasteiger partial charge in [-0.05, 0) is 66.9 Å². The number of hydrogen-bond donors (Lipinski definition) is 1. The fraction of sp³-hybridized carbons (Fsp3) is 0.179. The molecule has 182 valence electrons. The molecule has 3 aromatic carbocycles. The number of ether oxygens (including phenoxy) is 3. The van der Waals surface area contributed by atoms with E-state index in [-0.39, 0.29) is 5.57 Å². The van der Waals surface area contributed by atoms with Crippen LogP contribution in [0.2, 0.25) is 0 Å². The minimum atomic E-state index is -0.541. The van der Waals surface area contributed by atoms with E-state index in [1.165, 1.54) is 17.4 Å².